The van der Waals surface area contributed by atoms with Crippen LogP contribution in [0.25, 0.3) is 5.57 Å². The van der Waals surface area contributed by atoms with Gasteiger partial charge in [0.15, 0.2) is 0 Å². The molecule has 0 unspecified atom stereocenters. The highest BCUT2D eigenvalue weighted by Gasteiger charge is 2.12. The largest absolute Gasteiger partial charge is 0.478 e. The van der Waals surface area contributed by atoms with Crippen LogP contribution < -0.4 is 0 Å². The van der Waals surface area contributed by atoms with Crippen LogP contribution in [-0.4, -0.2) is 11.1 Å². The Bertz CT molecular complexity index is 671. The second kappa shape index (κ2) is 6.61. The standard InChI is InChI=1S/C17H12F2O2/c18-15-9-3-1-6-13(15)12(8-5-11-17(20)21)14-7-2-4-10-16(14)19/h1-11H,(H,20,21)/b11-5+. The summed E-state index contributed by atoms with van der Waals surface area (Å²) in [4.78, 5) is 10.5. The highest BCUT2D eigenvalue weighted by molar-refractivity contribution is 5.84. The maximum atomic E-state index is 13.9. The summed E-state index contributed by atoms with van der Waals surface area (Å²) in [5.74, 6) is -2.14. The SMILES string of the molecule is O=C(O)/C=C/C=C(c1ccccc1F)c1ccccc1F. The van der Waals surface area contributed by atoms with Crippen LogP contribution >= 0.6 is 0 Å². The van der Waals surface area contributed by atoms with Gasteiger partial charge in [-0.2, -0.15) is 0 Å². The number of hydrogen-bond acceptors (Lipinski definition) is 1. The summed E-state index contributed by atoms with van der Waals surface area (Å²) in [6.07, 6.45) is 3.53. The second-order valence-corrected chi connectivity index (χ2v) is 4.24. The summed E-state index contributed by atoms with van der Waals surface area (Å²) in [5.41, 5.74) is 0.693. The summed E-state index contributed by atoms with van der Waals surface area (Å²) in [6.45, 7) is 0. The molecular weight excluding hydrogens is 274 g/mol. The molecule has 21 heavy (non-hydrogen) atoms. The predicted octanol–water partition coefficient (Wildman–Crippen LogP) is 4.04. The molecule has 2 aromatic carbocycles. The molecule has 1 N–H and O–H groups in total. The van der Waals surface area contributed by atoms with Crippen LogP contribution in [0.4, 0.5) is 8.78 Å². The molecule has 0 aliphatic carbocycles. The molecule has 0 spiro atoms. The Balaban J connectivity index is 2.58. The predicted molar refractivity (Wildman–Crippen MR) is 76.7 cm³/mol. The van der Waals surface area contributed by atoms with Gasteiger partial charge in [0.25, 0.3) is 0 Å². The molecule has 2 nitrogen and oxygen atoms in total. The number of carboxylic acid groups (broad SMARTS) is 1. The van der Waals surface area contributed by atoms with E-state index in [1.165, 1.54) is 48.6 Å². The van der Waals surface area contributed by atoms with Crippen LogP contribution in [0, 0.1) is 11.6 Å². The minimum absolute atomic E-state index is 0.206. The van der Waals surface area contributed by atoms with Crippen molar-refractivity contribution in [2.45, 2.75) is 0 Å². The quantitative estimate of drug-likeness (QED) is 0.680. The van der Waals surface area contributed by atoms with Crippen LogP contribution in [0.15, 0.2) is 66.8 Å². The molecule has 0 aliphatic heterocycles. The van der Waals surface area contributed by atoms with Gasteiger partial charge in [-0.3, -0.25) is 0 Å². The number of rotatable bonds is 4. The summed E-state index contributed by atoms with van der Waals surface area (Å²) in [7, 11) is 0. The summed E-state index contributed by atoms with van der Waals surface area (Å²) in [6, 6.07) is 11.9. The molecule has 0 aromatic heterocycles. The molecule has 4 heteroatoms. The third kappa shape index (κ3) is 3.63. The molecule has 0 heterocycles. The number of benzene rings is 2. The Labute approximate surface area is 120 Å². The van der Waals surface area contributed by atoms with Crippen molar-refractivity contribution in [3.63, 3.8) is 0 Å². The van der Waals surface area contributed by atoms with Crippen LogP contribution in [-0.2, 0) is 4.79 Å². The average molecular weight is 286 g/mol. The normalized spacial score (nSPS) is 10.6. The lowest BCUT2D eigenvalue weighted by molar-refractivity contribution is -0.131. The number of carbonyl (C=O) groups is 1. The van der Waals surface area contributed by atoms with Crippen molar-refractivity contribution in [3.05, 3.63) is 89.5 Å². The average Bonchev–Trinajstić information content (AvgIpc) is 2.45. The Kier molecular flexibility index (Phi) is 4.61. The molecule has 0 radical (unpaired) electrons. The van der Waals surface area contributed by atoms with E-state index in [1.807, 2.05) is 0 Å². The Hall–Kier alpha value is -2.75. The lowest BCUT2D eigenvalue weighted by atomic mass is 9.96. The van der Waals surface area contributed by atoms with E-state index in [2.05, 4.69) is 0 Å². The van der Waals surface area contributed by atoms with E-state index >= 15 is 0 Å². The van der Waals surface area contributed by atoms with Crippen molar-refractivity contribution in [3.8, 4) is 0 Å². The molecular formula is C17H12F2O2. The third-order valence-electron chi connectivity index (χ3n) is 2.83. The fraction of sp³-hybridized carbons (Fsp3) is 0. The highest BCUT2D eigenvalue weighted by Crippen LogP contribution is 2.27. The first-order chi connectivity index (χ1) is 10.1. The zero-order chi connectivity index (χ0) is 15.2. The first kappa shape index (κ1) is 14.7. The van der Waals surface area contributed by atoms with Crippen LogP contribution in [0.5, 0.6) is 0 Å². The molecule has 2 rings (SSSR count). The van der Waals surface area contributed by atoms with Crippen molar-refractivity contribution in [2.75, 3.05) is 0 Å². The number of aliphatic carboxylic acids is 1. The maximum absolute atomic E-state index is 13.9. The van der Waals surface area contributed by atoms with Crippen molar-refractivity contribution in [1.82, 2.24) is 0 Å². The highest BCUT2D eigenvalue weighted by atomic mass is 19.1. The maximum Gasteiger partial charge on any atom is 0.328 e. The molecule has 0 amide bonds. The van der Waals surface area contributed by atoms with E-state index in [0.29, 0.717) is 0 Å². The van der Waals surface area contributed by atoms with Gasteiger partial charge in [-0.05, 0) is 17.7 Å². The Morgan fingerprint density at radius 2 is 1.38 bits per heavy atom. The van der Waals surface area contributed by atoms with E-state index in [9.17, 15) is 13.6 Å². The lowest BCUT2D eigenvalue weighted by Gasteiger charge is -2.09. The molecule has 2 aromatic rings. The van der Waals surface area contributed by atoms with Crippen LogP contribution in [0.2, 0.25) is 0 Å². The van der Waals surface area contributed by atoms with Gasteiger partial charge in [0.2, 0.25) is 0 Å². The minimum Gasteiger partial charge on any atom is -0.478 e. The van der Waals surface area contributed by atoms with E-state index in [-0.39, 0.29) is 16.7 Å². The molecule has 106 valence electrons. The van der Waals surface area contributed by atoms with Gasteiger partial charge in [0.1, 0.15) is 11.6 Å². The van der Waals surface area contributed by atoms with Crippen molar-refractivity contribution in [2.24, 2.45) is 0 Å². The van der Waals surface area contributed by atoms with E-state index in [4.69, 9.17) is 5.11 Å². The number of carboxylic acids is 1. The van der Waals surface area contributed by atoms with Gasteiger partial charge in [-0.25, -0.2) is 13.6 Å². The summed E-state index contributed by atoms with van der Waals surface area (Å²) < 4.78 is 27.9. The van der Waals surface area contributed by atoms with Crippen molar-refractivity contribution < 1.29 is 18.7 Å². The Morgan fingerprint density at radius 3 is 1.81 bits per heavy atom. The molecule has 0 aliphatic rings. The monoisotopic (exact) mass is 286 g/mol. The van der Waals surface area contributed by atoms with Gasteiger partial charge in [0.05, 0.1) is 0 Å². The lowest BCUT2D eigenvalue weighted by Crippen LogP contribution is -1.95. The van der Waals surface area contributed by atoms with Gasteiger partial charge in [-0.1, -0.05) is 48.6 Å². The van der Waals surface area contributed by atoms with E-state index < -0.39 is 17.6 Å². The van der Waals surface area contributed by atoms with Crippen LogP contribution in [0.3, 0.4) is 0 Å². The third-order valence-corrected chi connectivity index (χ3v) is 2.83. The topological polar surface area (TPSA) is 37.3 Å². The second-order valence-electron chi connectivity index (χ2n) is 4.24. The van der Waals surface area contributed by atoms with E-state index in [1.54, 1.807) is 12.1 Å². The summed E-state index contributed by atoms with van der Waals surface area (Å²) in [5, 5.41) is 8.61. The van der Waals surface area contributed by atoms with Crippen molar-refractivity contribution in [1.29, 1.82) is 0 Å². The number of allylic oxidation sites excluding steroid dienone is 2. The van der Waals surface area contributed by atoms with Gasteiger partial charge < -0.3 is 5.11 Å². The molecule has 0 saturated heterocycles. The van der Waals surface area contributed by atoms with Gasteiger partial charge >= 0.3 is 5.97 Å². The molecule has 0 fully saturated rings. The van der Waals surface area contributed by atoms with Gasteiger partial charge in [0, 0.05) is 17.2 Å². The van der Waals surface area contributed by atoms with E-state index in [0.717, 1.165) is 6.08 Å². The van der Waals surface area contributed by atoms with Crippen LogP contribution in [0.1, 0.15) is 11.1 Å². The zero-order valence-corrected chi connectivity index (χ0v) is 11.0. The first-order valence-corrected chi connectivity index (χ1v) is 6.20. The minimum atomic E-state index is -1.13. The fourth-order valence-corrected chi connectivity index (χ4v) is 1.91. The Morgan fingerprint density at radius 1 is 0.905 bits per heavy atom. The number of hydrogen-bond donors (Lipinski definition) is 1. The zero-order valence-electron chi connectivity index (χ0n) is 11.0. The van der Waals surface area contributed by atoms with Gasteiger partial charge in [-0.15, -0.1) is 0 Å². The molecule has 0 atom stereocenters. The number of halogens is 2. The van der Waals surface area contributed by atoms with Crippen molar-refractivity contribution >= 4 is 11.5 Å². The fourth-order valence-electron chi connectivity index (χ4n) is 1.91. The smallest absolute Gasteiger partial charge is 0.328 e. The molecule has 0 saturated carbocycles. The molecule has 0 bridgehead atoms. The summed E-state index contributed by atoms with van der Waals surface area (Å²) >= 11 is 0. The first-order valence-electron chi connectivity index (χ1n) is 6.20.